The summed E-state index contributed by atoms with van der Waals surface area (Å²) in [4.78, 5) is 23.2. The van der Waals surface area contributed by atoms with Gasteiger partial charge >= 0.3 is 0 Å². The second kappa shape index (κ2) is 6.55. The minimum Gasteiger partial charge on any atom is -0.475 e. The van der Waals surface area contributed by atoms with Crippen molar-refractivity contribution in [2.75, 3.05) is 0 Å². The van der Waals surface area contributed by atoms with Gasteiger partial charge in [0.05, 0.1) is 12.7 Å². The van der Waals surface area contributed by atoms with Crippen LogP contribution in [-0.4, -0.2) is 17.5 Å². The van der Waals surface area contributed by atoms with Gasteiger partial charge in [-0.05, 0) is 18.2 Å². The van der Waals surface area contributed by atoms with Crippen LogP contribution in [0.2, 0.25) is 0 Å². The normalized spacial score (nSPS) is 19.6. The zero-order valence-corrected chi connectivity index (χ0v) is 12.0. The standard InChI is InChI=1S/C15H16F2N2O3/c1-10(20)19-15(6-3-7-22-15)8-14(21)18-9-11-12(16)4-2-5-13(11)17/h2-5,7H,6,8-9H2,1H3,(H,18,21)(H,19,20). The van der Waals surface area contributed by atoms with Gasteiger partial charge in [0.25, 0.3) is 0 Å². The van der Waals surface area contributed by atoms with E-state index in [1.54, 1.807) is 6.08 Å². The zero-order valence-electron chi connectivity index (χ0n) is 12.0. The highest BCUT2D eigenvalue weighted by Crippen LogP contribution is 2.24. The Labute approximate surface area is 126 Å². The Balaban J connectivity index is 1.96. The lowest BCUT2D eigenvalue weighted by atomic mass is 10.1. The lowest BCUT2D eigenvalue weighted by Gasteiger charge is -2.28. The van der Waals surface area contributed by atoms with Crippen LogP contribution in [0.3, 0.4) is 0 Å². The van der Waals surface area contributed by atoms with Gasteiger partial charge in [-0.2, -0.15) is 0 Å². The minimum absolute atomic E-state index is 0.157. The van der Waals surface area contributed by atoms with E-state index < -0.39 is 23.3 Å². The van der Waals surface area contributed by atoms with Crippen LogP contribution in [0.1, 0.15) is 25.3 Å². The molecule has 0 radical (unpaired) electrons. The Morgan fingerprint density at radius 3 is 2.55 bits per heavy atom. The number of halogens is 2. The Hall–Kier alpha value is -2.44. The molecule has 1 aliphatic heterocycles. The summed E-state index contributed by atoms with van der Waals surface area (Å²) in [6, 6.07) is 3.49. The van der Waals surface area contributed by atoms with Crippen LogP contribution in [0, 0.1) is 11.6 Å². The summed E-state index contributed by atoms with van der Waals surface area (Å²) >= 11 is 0. The van der Waals surface area contributed by atoms with Crippen molar-refractivity contribution in [3.63, 3.8) is 0 Å². The molecule has 5 nitrogen and oxygen atoms in total. The van der Waals surface area contributed by atoms with E-state index in [1.807, 2.05) is 0 Å². The zero-order chi connectivity index (χ0) is 16.2. The maximum absolute atomic E-state index is 13.5. The Morgan fingerprint density at radius 2 is 2.00 bits per heavy atom. The molecule has 2 N–H and O–H groups in total. The molecule has 0 saturated heterocycles. The highest BCUT2D eigenvalue weighted by atomic mass is 19.1. The fourth-order valence-electron chi connectivity index (χ4n) is 2.23. The molecule has 22 heavy (non-hydrogen) atoms. The summed E-state index contributed by atoms with van der Waals surface area (Å²) in [5.74, 6) is -2.27. The van der Waals surface area contributed by atoms with Crippen molar-refractivity contribution in [1.29, 1.82) is 0 Å². The first-order valence-corrected chi connectivity index (χ1v) is 6.73. The Morgan fingerprint density at radius 1 is 1.32 bits per heavy atom. The molecule has 0 spiro atoms. The van der Waals surface area contributed by atoms with E-state index in [9.17, 15) is 18.4 Å². The molecule has 1 aliphatic rings. The second-order valence-electron chi connectivity index (χ2n) is 5.02. The third-order valence-corrected chi connectivity index (χ3v) is 3.21. The molecule has 1 atom stereocenters. The summed E-state index contributed by atoms with van der Waals surface area (Å²) in [6.07, 6.45) is 3.27. The fraction of sp³-hybridized carbons (Fsp3) is 0.333. The molecule has 1 aromatic rings. The van der Waals surface area contributed by atoms with E-state index in [-0.39, 0.29) is 24.4 Å². The number of nitrogens with one attached hydrogen (secondary N) is 2. The lowest BCUT2D eigenvalue weighted by molar-refractivity contribution is -0.132. The largest absolute Gasteiger partial charge is 0.475 e. The van der Waals surface area contributed by atoms with E-state index in [0.29, 0.717) is 6.42 Å². The molecule has 0 bridgehead atoms. The van der Waals surface area contributed by atoms with Crippen molar-refractivity contribution in [1.82, 2.24) is 10.6 Å². The van der Waals surface area contributed by atoms with Gasteiger partial charge in [0.15, 0.2) is 5.72 Å². The summed E-state index contributed by atoms with van der Waals surface area (Å²) in [5.41, 5.74) is -1.35. The first-order chi connectivity index (χ1) is 10.4. The Bertz CT molecular complexity index is 589. The quantitative estimate of drug-likeness (QED) is 0.870. The van der Waals surface area contributed by atoms with Gasteiger partial charge in [-0.25, -0.2) is 8.78 Å². The van der Waals surface area contributed by atoms with Crippen molar-refractivity contribution >= 4 is 11.8 Å². The van der Waals surface area contributed by atoms with Crippen molar-refractivity contribution in [3.8, 4) is 0 Å². The van der Waals surface area contributed by atoms with Gasteiger partial charge in [0.2, 0.25) is 11.8 Å². The predicted octanol–water partition coefficient (Wildman–Crippen LogP) is 1.74. The van der Waals surface area contributed by atoms with Crippen molar-refractivity contribution in [2.45, 2.75) is 32.0 Å². The SMILES string of the molecule is CC(=O)NC1(CC(=O)NCc2c(F)cccc2F)CC=CO1. The maximum atomic E-state index is 13.5. The van der Waals surface area contributed by atoms with E-state index >= 15 is 0 Å². The molecular formula is C15H16F2N2O3. The number of benzene rings is 1. The predicted molar refractivity (Wildman–Crippen MR) is 74.2 cm³/mol. The van der Waals surface area contributed by atoms with Crippen LogP contribution in [-0.2, 0) is 20.9 Å². The van der Waals surface area contributed by atoms with Gasteiger partial charge in [0.1, 0.15) is 11.6 Å². The number of amides is 2. The molecule has 1 unspecified atom stereocenters. The minimum atomic E-state index is -1.14. The van der Waals surface area contributed by atoms with E-state index in [0.717, 1.165) is 12.1 Å². The van der Waals surface area contributed by atoms with Crippen molar-refractivity contribution < 1.29 is 23.1 Å². The fourth-order valence-corrected chi connectivity index (χ4v) is 2.23. The van der Waals surface area contributed by atoms with Gasteiger partial charge in [-0.1, -0.05) is 6.07 Å². The number of hydrogen-bond donors (Lipinski definition) is 2. The van der Waals surface area contributed by atoms with Crippen molar-refractivity contribution in [2.24, 2.45) is 0 Å². The Kier molecular flexibility index (Phi) is 4.75. The number of carbonyl (C=O) groups excluding carboxylic acids is 2. The third-order valence-electron chi connectivity index (χ3n) is 3.21. The molecular weight excluding hydrogens is 294 g/mol. The van der Waals surface area contributed by atoms with Crippen LogP contribution in [0.5, 0.6) is 0 Å². The second-order valence-corrected chi connectivity index (χ2v) is 5.02. The molecule has 0 saturated carbocycles. The summed E-state index contributed by atoms with van der Waals surface area (Å²) in [6.45, 7) is 1.04. The van der Waals surface area contributed by atoms with E-state index in [1.165, 1.54) is 19.3 Å². The smallest absolute Gasteiger partial charge is 0.226 e. The van der Waals surface area contributed by atoms with Crippen LogP contribution >= 0.6 is 0 Å². The van der Waals surface area contributed by atoms with Crippen LogP contribution in [0.15, 0.2) is 30.5 Å². The van der Waals surface area contributed by atoms with E-state index in [4.69, 9.17) is 4.74 Å². The average molecular weight is 310 g/mol. The van der Waals surface area contributed by atoms with Gasteiger partial charge < -0.3 is 15.4 Å². The number of hydrogen-bond acceptors (Lipinski definition) is 3. The molecule has 2 rings (SSSR count). The molecule has 7 heteroatoms. The molecule has 118 valence electrons. The molecule has 2 amide bonds. The molecule has 0 aromatic heterocycles. The first kappa shape index (κ1) is 15.9. The third kappa shape index (κ3) is 3.81. The lowest BCUT2D eigenvalue weighted by Crippen LogP contribution is -2.50. The maximum Gasteiger partial charge on any atom is 0.226 e. The average Bonchev–Trinajstić information content (AvgIpc) is 2.85. The van der Waals surface area contributed by atoms with Gasteiger partial charge in [-0.3, -0.25) is 9.59 Å². The first-order valence-electron chi connectivity index (χ1n) is 6.73. The van der Waals surface area contributed by atoms with Crippen LogP contribution < -0.4 is 10.6 Å². The monoisotopic (exact) mass is 310 g/mol. The summed E-state index contributed by atoms with van der Waals surface area (Å²) < 4.78 is 32.2. The number of ether oxygens (including phenoxy) is 1. The molecule has 1 aromatic carbocycles. The molecule has 1 heterocycles. The topological polar surface area (TPSA) is 67.4 Å². The van der Waals surface area contributed by atoms with Gasteiger partial charge in [0, 0.05) is 25.5 Å². The molecule has 0 aliphatic carbocycles. The summed E-state index contributed by atoms with van der Waals surface area (Å²) in [7, 11) is 0. The van der Waals surface area contributed by atoms with Crippen LogP contribution in [0.4, 0.5) is 8.78 Å². The van der Waals surface area contributed by atoms with Crippen LogP contribution in [0.25, 0.3) is 0 Å². The van der Waals surface area contributed by atoms with E-state index in [2.05, 4.69) is 10.6 Å². The highest BCUT2D eigenvalue weighted by molar-refractivity contribution is 5.79. The number of rotatable bonds is 5. The van der Waals surface area contributed by atoms with Crippen molar-refractivity contribution in [3.05, 3.63) is 47.7 Å². The summed E-state index contributed by atoms with van der Waals surface area (Å²) in [5, 5.41) is 5.00. The highest BCUT2D eigenvalue weighted by Gasteiger charge is 2.36. The van der Waals surface area contributed by atoms with Gasteiger partial charge in [-0.15, -0.1) is 0 Å². The number of carbonyl (C=O) groups is 2. The molecule has 0 fully saturated rings.